The van der Waals surface area contributed by atoms with Crippen LogP contribution in [-0.4, -0.2) is 17.1 Å². The smallest absolute Gasteiger partial charge is 0.121 e. The third-order valence-electron chi connectivity index (χ3n) is 2.45. The Labute approximate surface area is 101 Å². The molecule has 0 saturated heterocycles. The van der Waals surface area contributed by atoms with E-state index in [4.69, 9.17) is 0 Å². The molecule has 0 aliphatic carbocycles. The summed E-state index contributed by atoms with van der Waals surface area (Å²) in [6.07, 6.45) is 3.66. The monoisotopic (exact) mass is 238 g/mol. The van der Waals surface area contributed by atoms with Crippen LogP contribution in [0.3, 0.4) is 0 Å². The maximum Gasteiger partial charge on any atom is 0.121 e. The van der Waals surface area contributed by atoms with Gasteiger partial charge in [0, 0.05) is 11.3 Å². The number of aldehydes is 1. The number of phenolic OH excluding ortho intramolecular Hbond substituents is 1. The van der Waals surface area contributed by atoms with E-state index in [2.05, 4.69) is 0 Å². The van der Waals surface area contributed by atoms with Gasteiger partial charge in [0.05, 0.1) is 0 Å². The summed E-state index contributed by atoms with van der Waals surface area (Å²) in [6, 6.07) is 4.01. The number of phenols is 1. The lowest BCUT2D eigenvalue weighted by molar-refractivity contribution is -0.107. The van der Waals surface area contributed by atoms with E-state index in [-0.39, 0.29) is 0 Å². The summed E-state index contributed by atoms with van der Waals surface area (Å²) in [5, 5.41) is 9.62. The van der Waals surface area contributed by atoms with Crippen LogP contribution in [0.5, 0.6) is 5.75 Å². The van der Waals surface area contributed by atoms with Gasteiger partial charge in [0.2, 0.25) is 0 Å². The van der Waals surface area contributed by atoms with Crippen LogP contribution in [0.2, 0.25) is 0 Å². The van der Waals surface area contributed by atoms with Crippen molar-refractivity contribution in [2.24, 2.45) is 0 Å². The number of aryl methyl sites for hydroxylation is 2. The average molecular weight is 238 g/mol. The first-order chi connectivity index (χ1) is 7.65. The van der Waals surface area contributed by atoms with E-state index in [0.29, 0.717) is 12.2 Å². The molecule has 0 atom stereocenters. The fourth-order valence-electron chi connectivity index (χ4n) is 1.52. The standard InChI is InChI=1S/C13H18O2S/c1-10-8-12(9-11(2)13(10)15)16-7-5-3-4-6-14/h6,8-9,15H,3-5,7H2,1-2H3. The molecule has 0 aromatic heterocycles. The van der Waals surface area contributed by atoms with Gasteiger partial charge in [-0.05, 0) is 55.7 Å². The highest BCUT2D eigenvalue weighted by Crippen LogP contribution is 2.28. The van der Waals surface area contributed by atoms with Gasteiger partial charge in [-0.3, -0.25) is 0 Å². The van der Waals surface area contributed by atoms with Gasteiger partial charge < -0.3 is 9.90 Å². The number of carbonyl (C=O) groups excluding carboxylic acids is 1. The third-order valence-corrected chi connectivity index (χ3v) is 3.51. The van der Waals surface area contributed by atoms with Crippen molar-refractivity contribution in [2.45, 2.75) is 38.0 Å². The average Bonchev–Trinajstić information content (AvgIpc) is 2.25. The van der Waals surface area contributed by atoms with Crippen LogP contribution in [-0.2, 0) is 4.79 Å². The fraction of sp³-hybridized carbons (Fsp3) is 0.462. The van der Waals surface area contributed by atoms with Crippen molar-refractivity contribution in [3.8, 4) is 5.75 Å². The number of hydrogen-bond donors (Lipinski definition) is 1. The highest BCUT2D eigenvalue weighted by Gasteiger charge is 2.03. The van der Waals surface area contributed by atoms with Crippen molar-refractivity contribution in [3.63, 3.8) is 0 Å². The molecule has 0 spiro atoms. The molecule has 0 unspecified atom stereocenters. The number of hydrogen-bond acceptors (Lipinski definition) is 3. The highest BCUT2D eigenvalue weighted by atomic mass is 32.2. The van der Waals surface area contributed by atoms with E-state index in [9.17, 15) is 9.90 Å². The van der Waals surface area contributed by atoms with Gasteiger partial charge in [-0.15, -0.1) is 11.8 Å². The van der Waals surface area contributed by atoms with Crippen LogP contribution < -0.4 is 0 Å². The Morgan fingerprint density at radius 2 is 1.88 bits per heavy atom. The molecule has 0 saturated carbocycles. The van der Waals surface area contributed by atoms with E-state index in [1.165, 1.54) is 4.90 Å². The molecule has 0 aliphatic heterocycles. The largest absolute Gasteiger partial charge is 0.507 e. The summed E-state index contributed by atoms with van der Waals surface area (Å²) in [4.78, 5) is 11.3. The van der Waals surface area contributed by atoms with Crippen LogP contribution in [0.25, 0.3) is 0 Å². The van der Waals surface area contributed by atoms with Gasteiger partial charge in [0.1, 0.15) is 12.0 Å². The number of unbranched alkanes of at least 4 members (excludes halogenated alkanes) is 2. The summed E-state index contributed by atoms with van der Waals surface area (Å²) in [7, 11) is 0. The van der Waals surface area contributed by atoms with Crippen LogP contribution in [0.4, 0.5) is 0 Å². The number of carbonyl (C=O) groups is 1. The Balaban J connectivity index is 2.45. The number of thioether (sulfide) groups is 1. The lowest BCUT2D eigenvalue weighted by Crippen LogP contribution is -1.85. The topological polar surface area (TPSA) is 37.3 Å². The van der Waals surface area contributed by atoms with Gasteiger partial charge in [0.25, 0.3) is 0 Å². The van der Waals surface area contributed by atoms with Crippen molar-refractivity contribution >= 4 is 18.0 Å². The van der Waals surface area contributed by atoms with Gasteiger partial charge in [-0.1, -0.05) is 0 Å². The van der Waals surface area contributed by atoms with Crippen LogP contribution >= 0.6 is 11.8 Å². The predicted molar refractivity (Wildman–Crippen MR) is 68.2 cm³/mol. The molecule has 3 heteroatoms. The van der Waals surface area contributed by atoms with Crippen LogP contribution in [0.1, 0.15) is 30.4 Å². The quantitative estimate of drug-likeness (QED) is 0.468. The minimum atomic E-state index is 0.394. The SMILES string of the molecule is Cc1cc(SCCCCC=O)cc(C)c1O. The fourth-order valence-corrected chi connectivity index (χ4v) is 2.62. The van der Waals surface area contributed by atoms with Gasteiger partial charge in [-0.2, -0.15) is 0 Å². The van der Waals surface area contributed by atoms with Crippen molar-refractivity contribution in [3.05, 3.63) is 23.3 Å². The Morgan fingerprint density at radius 3 is 2.44 bits per heavy atom. The maximum absolute atomic E-state index is 10.1. The molecule has 0 fully saturated rings. The lowest BCUT2D eigenvalue weighted by Gasteiger charge is -2.07. The van der Waals surface area contributed by atoms with Crippen molar-refractivity contribution in [2.75, 3.05) is 5.75 Å². The molecule has 1 N–H and O–H groups in total. The summed E-state index contributed by atoms with van der Waals surface area (Å²) < 4.78 is 0. The highest BCUT2D eigenvalue weighted by molar-refractivity contribution is 7.99. The Hall–Kier alpha value is -0.960. The third kappa shape index (κ3) is 3.89. The molecule has 16 heavy (non-hydrogen) atoms. The van der Waals surface area contributed by atoms with Gasteiger partial charge >= 0.3 is 0 Å². The molecule has 0 heterocycles. The molecule has 0 radical (unpaired) electrons. The van der Waals surface area contributed by atoms with Crippen LogP contribution in [0, 0.1) is 13.8 Å². The van der Waals surface area contributed by atoms with Crippen molar-refractivity contribution in [1.82, 2.24) is 0 Å². The number of rotatable bonds is 6. The minimum Gasteiger partial charge on any atom is -0.507 e. The predicted octanol–water partition coefficient (Wildman–Crippen LogP) is 3.47. The van der Waals surface area contributed by atoms with E-state index < -0.39 is 0 Å². The second-order valence-corrected chi connectivity index (χ2v) is 5.08. The van der Waals surface area contributed by atoms with Crippen molar-refractivity contribution < 1.29 is 9.90 Å². The van der Waals surface area contributed by atoms with E-state index in [1.54, 1.807) is 11.8 Å². The molecular formula is C13H18O2S. The summed E-state index contributed by atoms with van der Waals surface area (Å²) in [5.74, 6) is 1.42. The van der Waals surface area contributed by atoms with E-state index in [0.717, 1.165) is 36.0 Å². The first kappa shape index (κ1) is 13.1. The summed E-state index contributed by atoms with van der Waals surface area (Å²) >= 11 is 1.78. The number of benzene rings is 1. The molecule has 88 valence electrons. The summed E-state index contributed by atoms with van der Waals surface area (Å²) in [6.45, 7) is 3.83. The molecule has 0 amide bonds. The molecule has 1 aromatic rings. The van der Waals surface area contributed by atoms with Gasteiger partial charge in [-0.25, -0.2) is 0 Å². The Morgan fingerprint density at radius 1 is 1.25 bits per heavy atom. The Bertz CT molecular complexity index is 338. The first-order valence-corrected chi connectivity index (χ1v) is 6.50. The molecule has 2 nitrogen and oxygen atoms in total. The van der Waals surface area contributed by atoms with Crippen molar-refractivity contribution in [1.29, 1.82) is 0 Å². The zero-order chi connectivity index (χ0) is 12.0. The molecule has 1 rings (SSSR count). The van der Waals surface area contributed by atoms with Crippen LogP contribution in [0.15, 0.2) is 17.0 Å². The molecular weight excluding hydrogens is 220 g/mol. The Kier molecular flexibility index (Phi) is 5.39. The molecule has 1 aromatic carbocycles. The maximum atomic E-state index is 10.1. The molecule has 0 aliphatic rings. The summed E-state index contributed by atoms with van der Waals surface area (Å²) in [5.41, 5.74) is 1.85. The second-order valence-electron chi connectivity index (χ2n) is 3.92. The zero-order valence-corrected chi connectivity index (χ0v) is 10.6. The molecule has 0 bridgehead atoms. The minimum absolute atomic E-state index is 0.394. The first-order valence-electron chi connectivity index (χ1n) is 5.52. The lowest BCUT2D eigenvalue weighted by atomic mass is 10.1. The second kappa shape index (κ2) is 6.59. The van der Waals surface area contributed by atoms with E-state index in [1.807, 2.05) is 26.0 Å². The zero-order valence-electron chi connectivity index (χ0n) is 9.82. The van der Waals surface area contributed by atoms with E-state index >= 15 is 0 Å². The number of aromatic hydroxyl groups is 1. The normalized spacial score (nSPS) is 10.4. The van der Waals surface area contributed by atoms with Gasteiger partial charge in [0.15, 0.2) is 0 Å².